The molecule has 0 radical (unpaired) electrons. The first-order chi connectivity index (χ1) is 8.54. The van der Waals surface area contributed by atoms with Gasteiger partial charge in [0.05, 0.1) is 0 Å². The van der Waals surface area contributed by atoms with E-state index >= 15 is 0 Å². The van der Waals surface area contributed by atoms with E-state index < -0.39 is 0 Å². The highest BCUT2D eigenvalue weighted by Gasteiger charge is 2.08. The normalized spacial score (nSPS) is 10.9. The lowest BCUT2D eigenvalue weighted by Gasteiger charge is -2.07. The molecule has 0 spiro atoms. The van der Waals surface area contributed by atoms with Crippen molar-refractivity contribution in [3.05, 3.63) is 29.8 Å². The average Bonchev–Trinajstić information content (AvgIpc) is 2.31. The van der Waals surface area contributed by atoms with Crippen LogP contribution in [0.25, 0.3) is 0 Å². The molecule has 0 aliphatic carbocycles. The molecule has 0 aliphatic rings. The van der Waals surface area contributed by atoms with Gasteiger partial charge in [-0.25, -0.2) is 19.9 Å². The van der Waals surface area contributed by atoms with Crippen LogP contribution in [-0.2, 0) is 0 Å². The summed E-state index contributed by atoms with van der Waals surface area (Å²) < 4.78 is 0. The molecule has 0 aliphatic heterocycles. The molecule has 18 heavy (non-hydrogen) atoms. The minimum Gasteiger partial charge on any atom is -0.384 e. The number of hydrogen-bond acceptors (Lipinski definition) is 6. The standard InChI is InChI=1S/C12H15N5S/c1-7(2)11-16-9(13)4-10(17-11)18-12-14-5-8(3)6-15-12/h4-7H,1-3H3,(H2,13,16,17). The fraction of sp³-hybridized carbons (Fsp3) is 0.333. The van der Waals surface area contributed by atoms with Crippen LogP contribution in [0.3, 0.4) is 0 Å². The second-order valence-electron chi connectivity index (χ2n) is 4.29. The highest BCUT2D eigenvalue weighted by atomic mass is 32.2. The van der Waals surface area contributed by atoms with E-state index in [0.29, 0.717) is 11.0 Å². The van der Waals surface area contributed by atoms with Crippen molar-refractivity contribution in [2.24, 2.45) is 0 Å². The zero-order valence-electron chi connectivity index (χ0n) is 10.6. The van der Waals surface area contributed by atoms with Gasteiger partial charge in [-0.15, -0.1) is 0 Å². The van der Waals surface area contributed by atoms with Gasteiger partial charge in [0.15, 0.2) is 5.16 Å². The van der Waals surface area contributed by atoms with Gasteiger partial charge in [-0.1, -0.05) is 13.8 Å². The molecule has 6 heteroatoms. The summed E-state index contributed by atoms with van der Waals surface area (Å²) in [5.74, 6) is 1.46. The number of aryl methyl sites for hydroxylation is 1. The van der Waals surface area contributed by atoms with Gasteiger partial charge in [0.1, 0.15) is 16.7 Å². The molecular formula is C12H15N5S. The van der Waals surface area contributed by atoms with E-state index in [-0.39, 0.29) is 5.92 Å². The van der Waals surface area contributed by atoms with Crippen LogP contribution in [0.15, 0.2) is 28.6 Å². The topological polar surface area (TPSA) is 77.6 Å². The van der Waals surface area contributed by atoms with E-state index in [9.17, 15) is 0 Å². The highest BCUT2D eigenvalue weighted by Crippen LogP contribution is 2.25. The van der Waals surface area contributed by atoms with E-state index in [2.05, 4.69) is 19.9 Å². The van der Waals surface area contributed by atoms with Crippen molar-refractivity contribution in [2.45, 2.75) is 36.9 Å². The maximum atomic E-state index is 5.77. The minimum atomic E-state index is 0.242. The first kappa shape index (κ1) is 12.8. The van der Waals surface area contributed by atoms with E-state index in [1.54, 1.807) is 18.5 Å². The molecule has 2 rings (SSSR count). The minimum absolute atomic E-state index is 0.242. The Bertz CT molecular complexity index is 539. The Morgan fingerprint density at radius 3 is 2.44 bits per heavy atom. The second kappa shape index (κ2) is 5.30. The van der Waals surface area contributed by atoms with Gasteiger partial charge < -0.3 is 5.73 Å². The number of hydrogen-bond donors (Lipinski definition) is 1. The number of nitrogens with two attached hydrogens (primary N) is 1. The lowest BCUT2D eigenvalue weighted by molar-refractivity contribution is 0.756. The van der Waals surface area contributed by atoms with Crippen LogP contribution in [0.1, 0.15) is 31.2 Å². The molecule has 0 saturated carbocycles. The predicted molar refractivity (Wildman–Crippen MR) is 71.4 cm³/mol. The van der Waals surface area contributed by atoms with E-state index in [1.807, 2.05) is 20.8 Å². The maximum absolute atomic E-state index is 5.77. The van der Waals surface area contributed by atoms with Gasteiger partial charge in [-0.05, 0) is 24.2 Å². The van der Waals surface area contributed by atoms with Gasteiger partial charge in [0, 0.05) is 24.4 Å². The molecule has 2 aromatic heterocycles. The number of rotatable bonds is 3. The van der Waals surface area contributed by atoms with Crippen LogP contribution in [-0.4, -0.2) is 19.9 Å². The molecule has 0 saturated heterocycles. The molecule has 2 N–H and O–H groups in total. The Kier molecular flexibility index (Phi) is 3.76. The summed E-state index contributed by atoms with van der Waals surface area (Å²) in [4.78, 5) is 17.1. The Morgan fingerprint density at radius 2 is 1.83 bits per heavy atom. The fourth-order valence-corrected chi connectivity index (χ4v) is 2.02. The third kappa shape index (κ3) is 3.16. The molecular weight excluding hydrogens is 246 g/mol. The van der Waals surface area contributed by atoms with Crippen molar-refractivity contribution in [2.75, 3.05) is 5.73 Å². The molecule has 0 fully saturated rings. The van der Waals surface area contributed by atoms with Crippen molar-refractivity contribution in [1.82, 2.24) is 19.9 Å². The lowest BCUT2D eigenvalue weighted by atomic mass is 10.2. The number of nitrogen functional groups attached to an aromatic ring is 1. The zero-order chi connectivity index (χ0) is 13.1. The van der Waals surface area contributed by atoms with Gasteiger partial charge in [0.25, 0.3) is 0 Å². The summed E-state index contributed by atoms with van der Waals surface area (Å²) in [5.41, 5.74) is 6.80. The predicted octanol–water partition coefficient (Wildman–Crippen LogP) is 2.43. The first-order valence-electron chi connectivity index (χ1n) is 5.65. The van der Waals surface area contributed by atoms with Gasteiger partial charge in [0.2, 0.25) is 0 Å². The molecule has 0 atom stereocenters. The largest absolute Gasteiger partial charge is 0.384 e. The molecule has 2 heterocycles. The van der Waals surface area contributed by atoms with Crippen LogP contribution in [0.5, 0.6) is 0 Å². The van der Waals surface area contributed by atoms with Gasteiger partial charge in [-0.2, -0.15) is 0 Å². The Labute approximate surface area is 110 Å². The Hall–Kier alpha value is -1.69. The average molecular weight is 261 g/mol. The SMILES string of the molecule is Cc1cnc(Sc2cc(N)nc(C(C)C)n2)nc1. The van der Waals surface area contributed by atoms with Crippen molar-refractivity contribution in [3.8, 4) is 0 Å². The van der Waals surface area contributed by atoms with E-state index in [4.69, 9.17) is 5.73 Å². The van der Waals surface area contributed by atoms with E-state index in [0.717, 1.165) is 16.4 Å². The number of aromatic nitrogens is 4. The van der Waals surface area contributed by atoms with Crippen LogP contribution < -0.4 is 5.73 Å². The van der Waals surface area contributed by atoms with Crippen molar-refractivity contribution in [1.29, 1.82) is 0 Å². The zero-order valence-corrected chi connectivity index (χ0v) is 11.4. The number of anilines is 1. The Balaban J connectivity index is 2.26. The van der Waals surface area contributed by atoms with Crippen LogP contribution >= 0.6 is 11.8 Å². The molecule has 5 nitrogen and oxygen atoms in total. The van der Waals surface area contributed by atoms with E-state index in [1.165, 1.54) is 11.8 Å². The second-order valence-corrected chi connectivity index (χ2v) is 5.28. The highest BCUT2D eigenvalue weighted by molar-refractivity contribution is 7.99. The maximum Gasteiger partial charge on any atom is 0.193 e. The molecule has 0 unspecified atom stereocenters. The van der Waals surface area contributed by atoms with Crippen LogP contribution in [0.4, 0.5) is 5.82 Å². The molecule has 94 valence electrons. The quantitative estimate of drug-likeness (QED) is 0.675. The lowest BCUT2D eigenvalue weighted by Crippen LogP contribution is -2.02. The smallest absolute Gasteiger partial charge is 0.193 e. The van der Waals surface area contributed by atoms with Crippen molar-refractivity contribution in [3.63, 3.8) is 0 Å². The van der Waals surface area contributed by atoms with Crippen LogP contribution in [0, 0.1) is 6.92 Å². The summed E-state index contributed by atoms with van der Waals surface area (Å²) in [6.45, 7) is 6.02. The monoisotopic (exact) mass is 261 g/mol. The third-order valence-electron chi connectivity index (χ3n) is 2.21. The molecule has 0 bridgehead atoms. The summed E-state index contributed by atoms with van der Waals surface area (Å²) in [5, 5.41) is 1.43. The first-order valence-corrected chi connectivity index (χ1v) is 6.47. The third-order valence-corrected chi connectivity index (χ3v) is 3.02. The summed E-state index contributed by atoms with van der Waals surface area (Å²) in [6, 6.07) is 1.74. The summed E-state index contributed by atoms with van der Waals surface area (Å²) >= 11 is 1.39. The summed E-state index contributed by atoms with van der Waals surface area (Å²) in [7, 11) is 0. The van der Waals surface area contributed by atoms with Crippen molar-refractivity contribution < 1.29 is 0 Å². The van der Waals surface area contributed by atoms with Crippen LogP contribution in [0.2, 0.25) is 0 Å². The summed E-state index contributed by atoms with van der Waals surface area (Å²) in [6.07, 6.45) is 3.56. The fourth-order valence-electron chi connectivity index (χ4n) is 1.30. The number of nitrogens with zero attached hydrogens (tertiary/aromatic N) is 4. The van der Waals surface area contributed by atoms with Gasteiger partial charge >= 0.3 is 0 Å². The van der Waals surface area contributed by atoms with Gasteiger partial charge in [-0.3, -0.25) is 0 Å². The molecule has 0 amide bonds. The Morgan fingerprint density at radius 1 is 1.17 bits per heavy atom. The molecule has 2 aromatic rings. The van der Waals surface area contributed by atoms with Crippen molar-refractivity contribution >= 4 is 17.6 Å². The molecule has 0 aromatic carbocycles.